The molecule has 4 N–H and O–H groups in total. The van der Waals surface area contributed by atoms with E-state index in [4.69, 9.17) is 4.74 Å². The summed E-state index contributed by atoms with van der Waals surface area (Å²) in [7, 11) is 0. The molecular formula is C26H25FN6O3. The number of carbonyl (C=O) groups is 1. The van der Waals surface area contributed by atoms with Crippen molar-refractivity contribution in [2.24, 2.45) is 5.92 Å². The topological polar surface area (TPSA) is 132 Å². The van der Waals surface area contributed by atoms with Gasteiger partial charge in [-0.05, 0) is 42.0 Å². The number of halogens is 1. The van der Waals surface area contributed by atoms with Crippen LogP contribution in [0.15, 0.2) is 42.6 Å². The molecule has 0 bridgehead atoms. The molecule has 0 saturated carbocycles. The van der Waals surface area contributed by atoms with Crippen molar-refractivity contribution >= 4 is 23.2 Å². The Balaban J connectivity index is 1.39. The van der Waals surface area contributed by atoms with Crippen molar-refractivity contribution in [2.75, 3.05) is 43.5 Å². The van der Waals surface area contributed by atoms with Gasteiger partial charge < -0.3 is 25.8 Å². The molecule has 5 rings (SSSR count). The number of nitrogens with one attached hydrogen (secondary N) is 3. The molecule has 1 saturated heterocycles. The smallest absolute Gasteiger partial charge is 0.254 e. The number of hydrogen-bond donors (Lipinski definition) is 4. The maximum Gasteiger partial charge on any atom is 0.254 e. The van der Waals surface area contributed by atoms with Crippen LogP contribution < -0.4 is 16.0 Å². The summed E-state index contributed by atoms with van der Waals surface area (Å²) in [6, 6.07) is 11.7. The molecule has 36 heavy (non-hydrogen) atoms. The first-order valence-corrected chi connectivity index (χ1v) is 11.6. The molecule has 184 valence electrons. The molecule has 3 aromatic rings. The molecule has 0 aliphatic carbocycles. The fourth-order valence-electron chi connectivity index (χ4n) is 4.28. The van der Waals surface area contributed by atoms with Gasteiger partial charge in [-0.15, -0.1) is 0 Å². The number of fused-ring (bicyclic) bond motifs is 1. The van der Waals surface area contributed by atoms with Gasteiger partial charge in [-0.3, -0.25) is 4.79 Å². The Hall–Kier alpha value is -4.07. The van der Waals surface area contributed by atoms with Gasteiger partial charge in [0, 0.05) is 41.9 Å². The van der Waals surface area contributed by atoms with Gasteiger partial charge in [0.15, 0.2) is 0 Å². The number of benzene rings is 2. The Kier molecular flexibility index (Phi) is 6.26. The largest absolute Gasteiger partial charge is 0.395 e. The number of aromatic nitrogens is 2. The number of anilines is 3. The van der Waals surface area contributed by atoms with Crippen LogP contribution in [0.1, 0.15) is 28.4 Å². The van der Waals surface area contributed by atoms with Crippen LogP contribution in [0.3, 0.4) is 0 Å². The summed E-state index contributed by atoms with van der Waals surface area (Å²) in [5.74, 6) is -0.624. The van der Waals surface area contributed by atoms with Crippen molar-refractivity contribution < 1.29 is 19.0 Å². The van der Waals surface area contributed by atoms with Crippen molar-refractivity contribution in [1.29, 1.82) is 5.26 Å². The molecule has 1 atom stereocenters. The average Bonchev–Trinajstić information content (AvgIpc) is 3.21. The lowest BCUT2D eigenvalue weighted by atomic mass is 9.83. The Morgan fingerprint density at radius 2 is 2.17 bits per heavy atom. The third kappa shape index (κ3) is 4.46. The van der Waals surface area contributed by atoms with E-state index in [9.17, 15) is 19.6 Å². The monoisotopic (exact) mass is 488 g/mol. The van der Waals surface area contributed by atoms with Crippen molar-refractivity contribution in [3.63, 3.8) is 0 Å². The number of amides is 1. The number of ether oxygens (including phenoxy) is 1. The SMILES string of the molecule is C[C@]1(CO)CNc2c(C#N)cc(-c3ccnc(Nc4ccc(F)c(C(=O)NCC5COC5)c4)n3)cc21. The summed E-state index contributed by atoms with van der Waals surface area (Å²) in [6.45, 7) is 4.01. The third-order valence-electron chi connectivity index (χ3n) is 6.59. The second kappa shape index (κ2) is 9.53. The zero-order chi connectivity index (χ0) is 25.3. The number of nitrogens with zero attached hydrogens (tertiary/aromatic N) is 3. The van der Waals surface area contributed by atoms with Crippen LogP contribution in [-0.2, 0) is 10.2 Å². The van der Waals surface area contributed by atoms with Gasteiger partial charge in [0.05, 0.1) is 42.3 Å². The second-order valence-corrected chi connectivity index (χ2v) is 9.33. The first kappa shape index (κ1) is 23.7. The Bertz CT molecular complexity index is 1370. The molecule has 2 aliphatic rings. The number of nitriles is 1. The van der Waals surface area contributed by atoms with Crippen LogP contribution in [-0.4, -0.2) is 53.9 Å². The van der Waals surface area contributed by atoms with Gasteiger partial charge in [-0.2, -0.15) is 5.26 Å². The number of hydrogen-bond acceptors (Lipinski definition) is 8. The average molecular weight is 489 g/mol. The van der Waals surface area contributed by atoms with Crippen LogP contribution >= 0.6 is 0 Å². The predicted molar refractivity (Wildman–Crippen MR) is 131 cm³/mol. The van der Waals surface area contributed by atoms with E-state index in [1.165, 1.54) is 18.2 Å². The highest BCUT2D eigenvalue weighted by atomic mass is 19.1. The minimum Gasteiger partial charge on any atom is -0.395 e. The summed E-state index contributed by atoms with van der Waals surface area (Å²) in [5.41, 5.74) is 3.19. The number of aliphatic hydroxyl groups excluding tert-OH is 1. The summed E-state index contributed by atoms with van der Waals surface area (Å²) in [6.07, 6.45) is 1.57. The molecule has 3 heterocycles. The van der Waals surface area contributed by atoms with Gasteiger partial charge in [-0.25, -0.2) is 14.4 Å². The molecule has 0 unspecified atom stereocenters. The molecule has 0 spiro atoms. The van der Waals surface area contributed by atoms with Crippen LogP contribution in [0.4, 0.5) is 21.7 Å². The highest BCUT2D eigenvalue weighted by molar-refractivity contribution is 5.95. The number of aliphatic hydroxyl groups is 1. The standard InChI is InChI=1S/C26H25FN6O3/c1-26(14-34)13-31-23-17(9-28)6-16(7-20(23)26)22-4-5-29-25(33-22)32-18-2-3-21(27)19(8-18)24(35)30-10-15-11-36-12-15/h2-8,15,31,34H,10-14H2,1H3,(H,30,35)(H,29,32,33)/t26-/m1/s1. The summed E-state index contributed by atoms with van der Waals surface area (Å²) >= 11 is 0. The molecule has 0 radical (unpaired) electrons. The van der Waals surface area contributed by atoms with Crippen LogP contribution in [0, 0.1) is 23.1 Å². The van der Waals surface area contributed by atoms with Crippen molar-refractivity contribution in [1.82, 2.24) is 15.3 Å². The van der Waals surface area contributed by atoms with Gasteiger partial charge >= 0.3 is 0 Å². The zero-order valence-electron chi connectivity index (χ0n) is 19.6. The predicted octanol–water partition coefficient (Wildman–Crippen LogP) is 2.95. The van der Waals surface area contributed by atoms with E-state index in [0.29, 0.717) is 48.8 Å². The number of rotatable bonds is 7. The van der Waals surface area contributed by atoms with E-state index in [2.05, 4.69) is 32.0 Å². The second-order valence-electron chi connectivity index (χ2n) is 9.33. The van der Waals surface area contributed by atoms with E-state index in [0.717, 1.165) is 11.3 Å². The summed E-state index contributed by atoms with van der Waals surface area (Å²) < 4.78 is 19.4. The van der Waals surface area contributed by atoms with E-state index < -0.39 is 17.1 Å². The van der Waals surface area contributed by atoms with E-state index in [1.807, 2.05) is 13.0 Å². The fraction of sp³-hybridized carbons (Fsp3) is 0.308. The van der Waals surface area contributed by atoms with Gasteiger partial charge in [0.25, 0.3) is 5.91 Å². The minimum atomic E-state index is -0.625. The van der Waals surface area contributed by atoms with E-state index >= 15 is 0 Å². The first-order valence-electron chi connectivity index (χ1n) is 11.6. The zero-order valence-corrected chi connectivity index (χ0v) is 19.6. The van der Waals surface area contributed by atoms with Gasteiger partial charge in [0.1, 0.15) is 11.9 Å². The fourth-order valence-corrected chi connectivity index (χ4v) is 4.28. The Morgan fingerprint density at radius 3 is 2.89 bits per heavy atom. The lowest BCUT2D eigenvalue weighted by molar-refractivity contribution is -0.0298. The minimum absolute atomic E-state index is 0.0627. The lowest BCUT2D eigenvalue weighted by Gasteiger charge is -2.25. The quantitative estimate of drug-likeness (QED) is 0.399. The van der Waals surface area contributed by atoms with E-state index in [1.54, 1.807) is 18.3 Å². The molecular weight excluding hydrogens is 463 g/mol. The third-order valence-corrected chi connectivity index (χ3v) is 6.59. The van der Waals surface area contributed by atoms with E-state index in [-0.39, 0.29) is 24.0 Å². The van der Waals surface area contributed by atoms with Crippen molar-refractivity contribution in [2.45, 2.75) is 12.3 Å². The summed E-state index contributed by atoms with van der Waals surface area (Å²) in [5, 5.41) is 28.6. The maximum absolute atomic E-state index is 14.3. The molecule has 1 aromatic heterocycles. The molecule has 1 fully saturated rings. The maximum atomic E-state index is 14.3. The molecule has 10 heteroatoms. The first-order chi connectivity index (χ1) is 17.4. The van der Waals surface area contributed by atoms with Gasteiger partial charge in [-0.1, -0.05) is 6.92 Å². The molecule has 2 aromatic carbocycles. The molecule has 2 aliphatic heterocycles. The molecule has 9 nitrogen and oxygen atoms in total. The van der Waals surface area contributed by atoms with Crippen molar-refractivity contribution in [3.05, 3.63) is 65.1 Å². The highest BCUT2D eigenvalue weighted by Gasteiger charge is 2.36. The molecule has 1 amide bonds. The van der Waals surface area contributed by atoms with Crippen LogP contribution in [0.25, 0.3) is 11.3 Å². The summed E-state index contributed by atoms with van der Waals surface area (Å²) in [4.78, 5) is 21.3. The number of carbonyl (C=O) groups excluding carboxylic acids is 1. The van der Waals surface area contributed by atoms with Crippen LogP contribution in [0.2, 0.25) is 0 Å². The van der Waals surface area contributed by atoms with Crippen molar-refractivity contribution in [3.8, 4) is 17.3 Å². The van der Waals surface area contributed by atoms with Crippen LogP contribution in [0.5, 0.6) is 0 Å². The normalized spacial score (nSPS) is 18.5. The lowest BCUT2D eigenvalue weighted by Crippen LogP contribution is -2.39. The Labute approximate surface area is 207 Å². The Morgan fingerprint density at radius 1 is 1.33 bits per heavy atom. The highest BCUT2D eigenvalue weighted by Crippen LogP contribution is 2.41. The van der Waals surface area contributed by atoms with Gasteiger partial charge in [0.2, 0.25) is 5.95 Å².